The van der Waals surface area contributed by atoms with Crippen LogP contribution in [-0.4, -0.2) is 30.3 Å². The molecule has 1 unspecified atom stereocenters. The van der Waals surface area contributed by atoms with Gasteiger partial charge >= 0.3 is 5.97 Å². The molecule has 1 aliphatic carbocycles. The van der Waals surface area contributed by atoms with Crippen molar-refractivity contribution >= 4 is 5.97 Å². The van der Waals surface area contributed by atoms with Gasteiger partial charge in [0.15, 0.2) is 0 Å². The van der Waals surface area contributed by atoms with Crippen molar-refractivity contribution in [3.8, 4) is 0 Å². The highest BCUT2D eigenvalue weighted by molar-refractivity contribution is 5.75. The summed E-state index contributed by atoms with van der Waals surface area (Å²) in [7, 11) is 0. The lowest BCUT2D eigenvalue weighted by Gasteiger charge is -2.39. The van der Waals surface area contributed by atoms with E-state index in [1.807, 2.05) is 0 Å². The molecule has 2 fully saturated rings. The van der Waals surface area contributed by atoms with Gasteiger partial charge in [-0.15, -0.1) is 0 Å². The minimum Gasteiger partial charge on any atom is -0.481 e. The zero-order valence-corrected chi connectivity index (χ0v) is 8.95. The highest BCUT2D eigenvalue weighted by Crippen LogP contribution is 2.45. The van der Waals surface area contributed by atoms with Crippen LogP contribution in [0.2, 0.25) is 0 Å². The number of carboxylic acid groups (broad SMARTS) is 1. The van der Waals surface area contributed by atoms with Crippen molar-refractivity contribution in [2.24, 2.45) is 17.1 Å². The molecule has 0 bridgehead atoms. The summed E-state index contributed by atoms with van der Waals surface area (Å²) < 4.78 is 5.32. The van der Waals surface area contributed by atoms with Gasteiger partial charge in [0, 0.05) is 18.6 Å². The van der Waals surface area contributed by atoms with Gasteiger partial charge in [0.1, 0.15) is 0 Å². The number of carboxylic acids is 1. The van der Waals surface area contributed by atoms with Crippen LogP contribution in [0, 0.1) is 11.3 Å². The molecule has 15 heavy (non-hydrogen) atoms. The van der Waals surface area contributed by atoms with Crippen LogP contribution in [0.3, 0.4) is 0 Å². The van der Waals surface area contributed by atoms with Gasteiger partial charge in [-0.05, 0) is 32.1 Å². The maximum absolute atomic E-state index is 11.5. The summed E-state index contributed by atoms with van der Waals surface area (Å²) in [6.45, 7) is 1.33. The molecular weight excluding hydrogens is 194 g/mol. The first kappa shape index (κ1) is 10.9. The Morgan fingerprint density at radius 3 is 2.47 bits per heavy atom. The van der Waals surface area contributed by atoms with E-state index < -0.39 is 11.4 Å². The number of hydrogen-bond donors (Lipinski definition) is 2. The summed E-state index contributed by atoms with van der Waals surface area (Å²) in [6.07, 6.45) is 4.00. The maximum Gasteiger partial charge on any atom is 0.310 e. The van der Waals surface area contributed by atoms with Crippen molar-refractivity contribution in [1.29, 1.82) is 0 Å². The highest BCUT2D eigenvalue weighted by atomic mass is 16.5. The number of carbonyl (C=O) groups is 1. The van der Waals surface area contributed by atoms with E-state index in [1.54, 1.807) is 0 Å². The van der Waals surface area contributed by atoms with E-state index in [4.69, 9.17) is 10.5 Å². The molecule has 0 aromatic carbocycles. The molecule has 2 aliphatic rings. The lowest BCUT2D eigenvalue weighted by atomic mass is 9.64. The van der Waals surface area contributed by atoms with E-state index in [9.17, 15) is 9.90 Å². The fourth-order valence-electron chi connectivity index (χ4n) is 2.92. The topological polar surface area (TPSA) is 72.6 Å². The van der Waals surface area contributed by atoms with Gasteiger partial charge in [-0.3, -0.25) is 4.79 Å². The quantitative estimate of drug-likeness (QED) is 0.717. The van der Waals surface area contributed by atoms with E-state index in [0.717, 1.165) is 32.1 Å². The number of aliphatic carboxylic acids is 1. The third-order valence-electron chi connectivity index (χ3n) is 4.06. The average molecular weight is 213 g/mol. The van der Waals surface area contributed by atoms with Crippen LogP contribution in [0.4, 0.5) is 0 Å². The van der Waals surface area contributed by atoms with Crippen molar-refractivity contribution in [3.05, 3.63) is 0 Å². The fourth-order valence-corrected chi connectivity index (χ4v) is 2.92. The Morgan fingerprint density at radius 2 is 2.00 bits per heavy atom. The Morgan fingerprint density at radius 1 is 1.33 bits per heavy atom. The van der Waals surface area contributed by atoms with Crippen LogP contribution in [0.1, 0.15) is 32.1 Å². The highest BCUT2D eigenvalue weighted by Gasteiger charge is 2.48. The fraction of sp³-hybridized carbons (Fsp3) is 0.909. The van der Waals surface area contributed by atoms with E-state index in [2.05, 4.69) is 0 Å². The Labute approximate surface area is 89.8 Å². The summed E-state index contributed by atoms with van der Waals surface area (Å²) in [5, 5.41) is 9.44. The summed E-state index contributed by atoms with van der Waals surface area (Å²) in [5.41, 5.74) is 5.28. The Kier molecular flexibility index (Phi) is 2.98. The second kappa shape index (κ2) is 4.10. The van der Waals surface area contributed by atoms with E-state index >= 15 is 0 Å². The average Bonchev–Trinajstić information content (AvgIpc) is 2.72. The molecule has 1 atom stereocenters. The molecule has 1 saturated carbocycles. The van der Waals surface area contributed by atoms with Gasteiger partial charge < -0.3 is 15.6 Å². The standard InChI is InChI=1S/C11H19NO3/c12-9-1-4-11(5-2-9,10(13)14)8-3-6-15-7-8/h8-9H,1-7,12H2,(H,13,14). The lowest BCUT2D eigenvalue weighted by molar-refractivity contribution is -0.155. The van der Waals surface area contributed by atoms with Gasteiger partial charge in [0.2, 0.25) is 0 Å². The molecule has 1 heterocycles. The van der Waals surface area contributed by atoms with Crippen molar-refractivity contribution in [1.82, 2.24) is 0 Å². The number of nitrogens with two attached hydrogens (primary N) is 1. The molecule has 4 heteroatoms. The molecule has 86 valence electrons. The summed E-state index contributed by atoms with van der Waals surface area (Å²) in [6, 6.07) is 0.194. The van der Waals surface area contributed by atoms with Crippen LogP contribution in [0.25, 0.3) is 0 Å². The SMILES string of the molecule is NC1CCC(C(=O)O)(C2CCOC2)CC1. The van der Waals surface area contributed by atoms with Crippen LogP contribution in [0.5, 0.6) is 0 Å². The Bertz CT molecular complexity index is 240. The minimum atomic E-state index is -0.648. The van der Waals surface area contributed by atoms with Gasteiger partial charge in [-0.2, -0.15) is 0 Å². The van der Waals surface area contributed by atoms with E-state index in [0.29, 0.717) is 13.2 Å². The molecule has 0 radical (unpaired) electrons. The van der Waals surface area contributed by atoms with Crippen molar-refractivity contribution in [2.75, 3.05) is 13.2 Å². The molecule has 3 N–H and O–H groups in total. The van der Waals surface area contributed by atoms with Gasteiger partial charge in [0.25, 0.3) is 0 Å². The van der Waals surface area contributed by atoms with Gasteiger partial charge in [0.05, 0.1) is 12.0 Å². The number of ether oxygens (including phenoxy) is 1. The zero-order chi connectivity index (χ0) is 10.9. The summed E-state index contributed by atoms with van der Waals surface area (Å²) >= 11 is 0. The predicted molar refractivity (Wildman–Crippen MR) is 55.4 cm³/mol. The zero-order valence-electron chi connectivity index (χ0n) is 8.95. The maximum atomic E-state index is 11.5. The Balaban J connectivity index is 2.13. The monoisotopic (exact) mass is 213 g/mol. The second-order valence-corrected chi connectivity index (χ2v) is 4.86. The number of hydrogen-bond acceptors (Lipinski definition) is 3. The third-order valence-corrected chi connectivity index (χ3v) is 4.06. The van der Waals surface area contributed by atoms with Crippen molar-refractivity contribution in [2.45, 2.75) is 38.1 Å². The van der Waals surface area contributed by atoms with E-state index in [1.165, 1.54) is 0 Å². The predicted octanol–water partition coefficient (Wildman–Crippen LogP) is 0.995. The van der Waals surface area contributed by atoms with Crippen LogP contribution >= 0.6 is 0 Å². The van der Waals surface area contributed by atoms with E-state index in [-0.39, 0.29) is 12.0 Å². The smallest absolute Gasteiger partial charge is 0.310 e. The first-order valence-corrected chi connectivity index (χ1v) is 5.72. The molecule has 4 nitrogen and oxygen atoms in total. The summed E-state index contributed by atoms with van der Waals surface area (Å²) in [5.74, 6) is -0.451. The molecule has 0 amide bonds. The molecule has 0 aromatic rings. The van der Waals surface area contributed by atoms with Crippen LogP contribution in [0.15, 0.2) is 0 Å². The number of rotatable bonds is 2. The molecule has 1 saturated heterocycles. The van der Waals surface area contributed by atoms with Crippen molar-refractivity contribution < 1.29 is 14.6 Å². The van der Waals surface area contributed by atoms with Crippen molar-refractivity contribution in [3.63, 3.8) is 0 Å². The van der Waals surface area contributed by atoms with Gasteiger partial charge in [-0.25, -0.2) is 0 Å². The van der Waals surface area contributed by atoms with Crippen LogP contribution in [-0.2, 0) is 9.53 Å². The lowest BCUT2D eigenvalue weighted by Crippen LogP contribution is -2.44. The molecule has 1 aliphatic heterocycles. The first-order valence-electron chi connectivity index (χ1n) is 5.72. The second-order valence-electron chi connectivity index (χ2n) is 4.86. The minimum absolute atomic E-state index is 0.194. The largest absolute Gasteiger partial charge is 0.481 e. The molecule has 2 rings (SSSR count). The molecular formula is C11H19NO3. The normalized spacial score (nSPS) is 41.7. The van der Waals surface area contributed by atoms with Crippen LogP contribution < -0.4 is 5.73 Å². The Hall–Kier alpha value is -0.610. The molecule has 0 aromatic heterocycles. The third kappa shape index (κ3) is 1.88. The molecule has 0 spiro atoms. The summed E-state index contributed by atoms with van der Waals surface area (Å²) in [4.78, 5) is 11.5. The van der Waals surface area contributed by atoms with Gasteiger partial charge in [-0.1, -0.05) is 0 Å². The first-order chi connectivity index (χ1) is 7.15.